The zero-order valence-electron chi connectivity index (χ0n) is 12.0. The molecule has 0 spiro atoms. The van der Waals surface area contributed by atoms with Crippen LogP contribution >= 0.6 is 11.6 Å². The summed E-state index contributed by atoms with van der Waals surface area (Å²) in [4.78, 5) is 4.71. The van der Waals surface area contributed by atoms with Gasteiger partial charge in [-0.3, -0.25) is 0 Å². The molecule has 0 aliphatic carbocycles. The maximum atomic E-state index is 6.32. The minimum absolute atomic E-state index is 0.0521. The Balaban J connectivity index is 1.97. The van der Waals surface area contributed by atoms with Crippen LogP contribution in [0.15, 0.2) is 48.5 Å². The van der Waals surface area contributed by atoms with Gasteiger partial charge in [0, 0.05) is 24.0 Å². The van der Waals surface area contributed by atoms with E-state index in [9.17, 15) is 0 Å². The molecule has 0 saturated heterocycles. The molecule has 0 bridgehead atoms. The lowest BCUT2D eigenvalue weighted by atomic mass is 10.0. The molecule has 0 fully saturated rings. The molecule has 3 nitrogen and oxygen atoms in total. The molecule has 0 saturated carbocycles. The van der Waals surface area contributed by atoms with E-state index >= 15 is 0 Å². The van der Waals surface area contributed by atoms with E-state index in [2.05, 4.69) is 23.6 Å². The number of hydrogen-bond acceptors (Lipinski definition) is 2. The summed E-state index contributed by atoms with van der Waals surface area (Å²) >= 11 is 6.09. The molecule has 4 heteroatoms. The zero-order valence-corrected chi connectivity index (χ0v) is 12.7. The van der Waals surface area contributed by atoms with Crippen molar-refractivity contribution < 1.29 is 0 Å². The third-order valence-electron chi connectivity index (χ3n) is 3.74. The molecule has 21 heavy (non-hydrogen) atoms. The first kappa shape index (κ1) is 14.1. The van der Waals surface area contributed by atoms with Crippen molar-refractivity contribution in [3.8, 4) is 0 Å². The third kappa shape index (κ3) is 2.80. The maximum absolute atomic E-state index is 6.32. The van der Waals surface area contributed by atoms with Crippen LogP contribution < -0.4 is 5.73 Å². The number of imidazole rings is 1. The summed E-state index contributed by atoms with van der Waals surface area (Å²) in [5.41, 5.74) is 9.49. The van der Waals surface area contributed by atoms with Gasteiger partial charge in [-0.2, -0.15) is 0 Å². The molecule has 108 valence electrons. The van der Waals surface area contributed by atoms with Gasteiger partial charge >= 0.3 is 0 Å². The molecule has 1 atom stereocenters. The third-order valence-corrected chi connectivity index (χ3v) is 3.97. The van der Waals surface area contributed by atoms with Crippen molar-refractivity contribution in [1.29, 1.82) is 0 Å². The van der Waals surface area contributed by atoms with Gasteiger partial charge in [-0.1, -0.05) is 41.9 Å². The molecule has 3 aromatic rings. The Morgan fingerprint density at radius 1 is 1.19 bits per heavy atom. The van der Waals surface area contributed by atoms with Gasteiger partial charge in [0.1, 0.15) is 5.82 Å². The molecule has 1 heterocycles. The second kappa shape index (κ2) is 5.88. The fourth-order valence-corrected chi connectivity index (χ4v) is 2.84. The van der Waals surface area contributed by atoms with Crippen LogP contribution in [-0.2, 0) is 13.0 Å². The second-order valence-electron chi connectivity index (χ2n) is 5.13. The fourth-order valence-electron chi connectivity index (χ4n) is 2.67. The second-order valence-corrected chi connectivity index (χ2v) is 5.56. The number of nitrogens with two attached hydrogens (primary N) is 1. The Morgan fingerprint density at radius 2 is 1.95 bits per heavy atom. The van der Waals surface area contributed by atoms with Crippen molar-refractivity contribution in [3.63, 3.8) is 0 Å². The quantitative estimate of drug-likeness (QED) is 0.792. The number of fused-ring (bicyclic) bond motifs is 1. The van der Waals surface area contributed by atoms with Crippen LogP contribution in [0.25, 0.3) is 11.0 Å². The van der Waals surface area contributed by atoms with Crippen LogP contribution in [-0.4, -0.2) is 9.55 Å². The van der Waals surface area contributed by atoms with Crippen LogP contribution in [0.3, 0.4) is 0 Å². The van der Waals surface area contributed by atoms with Crippen molar-refractivity contribution >= 4 is 22.6 Å². The molecule has 0 radical (unpaired) electrons. The normalized spacial score (nSPS) is 12.7. The lowest BCUT2D eigenvalue weighted by Crippen LogP contribution is -2.16. The number of aromatic nitrogens is 2. The summed E-state index contributed by atoms with van der Waals surface area (Å²) in [6, 6.07) is 15.9. The summed E-state index contributed by atoms with van der Waals surface area (Å²) in [6.45, 7) is 2.97. The Kier molecular flexibility index (Phi) is 3.95. The molecule has 0 aliphatic rings. The lowest BCUT2D eigenvalue weighted by Gasteiger charge is -2.13. The average molecular weight is 300 g/mol. The topological polar surface area (TPSA) is 43.8 Å². The number of rotatable bonds is 4. The van der Waals surface area contributed by atoms with E-state index in [1.807, 2.05) is 36.4 Å². The summed E-state index contributed by atoms with van der Waals surface area (Å²) in [5, 5.41) is 0.732. The van der Waals surface area contributed by atoms with E-state index < -0.39 is 0 Å². The SMILES string of the molecule is CCn1c(CC(N)c2ccccc2)nc2ccc(Cl)cc21. The highest BCUT2D eigenvalue weighted by atomic mass is 35.5. The van der Waals surface area contributed by atoms with Gasteiger partial charge < -0.3 is 10.3 Å². The highest BCUT2D eigenvalue weighted by Gasteiger charge is 2.14. The zero-order chi connectivity index (χ0) is 14.8. The van der Waals surface area contributed by atoms with Gasteiger partial charge in [0.05, 0.1) is 11.0 Å². The van der Waals surface area contributed by atoms with E-state index in [0.717, 1.165) is 34.0 Å². The lowest BCUT2D eigenvalue weighted by molar-refractivity contribution is 0.637. The van der Waals surface area contributed by atoms with Crippen molar-refractivity contribution in [2.24, 2.45) is 5.73 Å². The van der Waals surface area contributed by atoms with E-state index in [1.165, 1.54) is 0 Å². The Morgan fingerprint density at radius 3 is 2.67 bits per heavy atom. The summed E-state index contributed by atoms with van der Waals surface area (Å²) in [6.07, 6.45) is 0.712. The van der Waals surface area contributed by atoms with Gasteiger partial charge in [-0.25, -0.2) is 4.98 Å². The van der Waals surface area contributed by atoms with Crippen molar-refractivity contribution in [1.82, 2.24) is 9.55 Å². The van der Waals surface area contributed by atoms with E-state index in [-0.39, 0.29) is 6.04 Å². The first-order chi connectivity index (χ1) is 10.2. The maximum Gasteiger partial charge on any atom is 0.111 e. The Bertz CT molecular complexity index is 749. The molecule has 0 amide bonds. The van der Waals surface area contributed by atoms with E-state index in [4.69, 9.17) is 22.3 Å². The van der Waals surface area contributed by atoms with Gasteiger partial charge in [0.25, 0.3) is 0 Å². The Hall–Kier alpha value is -1.84. The van der Waals surface area contributed by atoms with Crippen molar-refractivity contribution in [2.45, 2.75) is 25.9 Å². The highest BCUT2D eigenvalue weighted by molar-refractivity contribution is 6.31. The standard InChI is InChI=1S/C17H18ClN3/c1-2-21-16-10-13(18)8-9-15(16)20-17(21)11-14(19)12-6-4-3-5-7-12/h3-10,14H,2,11,19H2,1H3. The predicted molar refractivity (Wildman–Crippen MR) is 87.5 cm³/mol. The van der Waals surface area contributed by atoms with Crippen LogP contribution in [0.1, 0.15) is 24.4 Å². The van der Waals surface area contributed by atoms with Crippen LogP contribution in [0.4, 0.5) is 0 Å². The number of aryl methyl sites for hydroxylation is 1. The molecule has 0 aliphatic heterocycles. The van der Waals surface area contributed by atoms with Gasteiger partial charge in [0.15, 0.2) is 0 Å². The summed E-state index contributed by atoms with van der Waals surface area (Å²) in [5.74, 6) is 1.01. The monoisotopic (exact) mass is 299 g/mol. The van der Waals surface area contributed by atoms with E-state index in [1.54, 1.807) is 0 Å². The van der Waals surface area contributed by atoms with Gasteiger partial charge in [-0.05, 0) is 30.7 Å². The summed E-state index contributed by atoms with van der Waals surface area (Å²) < 4.78 is 2.18. The molecule has 1 unspecified atom stereocenters. The molecular formula is C17H18ClN3. The number of nitrogens with zero attached hydrogens (tertiary/aromatic N) is 2. The molecule has 2 aromatic carbocycles. The van der Waals surface area contributed by atoms with Crippen molar-refractivity contribution in [3.05, 3.63) is 64.9 Å². The average Bonchev–Trinajstić information content (AvgIpc) is 2.84. The predicted octanol–water partition coefficient (Wildman–Crippen LogP) is 3.95. The van der Waals surface area contributed by atoms with Crippen LogP contribution in [0.5, 0.6) is 0 Å². The minimum atomic E-state index is -0.0521. The first-order valence-corrected chi connectivity index (χ1v) is 7.52. The van der Waals surface area contributed by atoms with E-state index in [0.29, 0.717) is 6.42 Å². The number of hydrogen-bond donors (Lipinski definition) is 1. The highest BCUT2D eigenvalue weighted by Crippen LogP contribution is 2.23. The molecule has 1 aromatic heterocycles. The first-order valence-electron chi connectivity index (χ1n) is 7.14. The minimum Gasteiger partial charge on any atom is -0.328 e. The number of benzene rings is 2. The molecule has 3 rings (SSSR count). The van der Waals surface area contributed by atoms with Crippen molar-refractivity contribution in [2.75, 3.05) is 0 Å². The number of halogens is 1. The van der Waals surface area contributed by atoms with Crippen LogP contribution in [0, 0.1) is 0 Å². The van der Waals surface area contributed by atoms with Gasteiger partial charge in [-0.15, -0.1) is 0 Å². The molecule has 2 N–H and O–H groups in total. The van der Waals surface area contributed by atoms with Crippen LogP contribution in [0.2, 0.25) is 5.02 Å². The fraction of sp³-hybridized carbons (Fsp3) is 0.235. The smallest absolute Gasteiger partial charge is 0.111 e. The van der Waals surface area contributed by atoms with Gasteiger partial charge in [0.2, 0.25) is 0 Å². The Labute approximate surface area is 129 Å². The molecular weight excluding hydrogens is 282 g/mol. The largest absolute Gasteiger partial charge is 0.328 e. The summed E-state index contributed by atoms with van der Waals surface area (Å²) in [7, 11) is 0.